The Morgan fingerprint density at radius 1 is 0.923 bits per heavy atom. The van der Waals surface area contributed by atoms with E-state index in [-0.39, 0.29) is 18.0 Å². The highest BCUT2D eigenvalue weighted by Gasteiger charge is 2.19. The minimum absolute atomic E-state index is 0.0153. The molecular weight excluding hydrogens is 550 g/mol. The Kier molecular flexibility index (Phi) is 14.1. The number of rotatable bonds is 20. The zero-order valence-electron chi connectivity index (χ0n) is 21.8. The van der Waals surface area contributed by atoms with Crippen LogP contribution in [0.2, 0.25) is 0 Å². The van der Waals surface area contributed by atoms with E-state index in [1.165, 1.54) is 12.1 Å². The summed E-state index contributed by atoms with van der Waals surface area (Å²) in [6, 6.07) is 11.2. The van der Waals surface area contributed by atoms with E-state index in [1.54, 1.807) is 24.3 Å². The highest BCUT2D eigenvalue weighted by Crippen LogP contribution is 2.22. The summed E-state index contributed by atoms with van der Waals surface area (Å²) in [6.45, 7) is 2.14. The fourth-order valence-corrected chi connectivity index (χ4v) is 5.39. The van der Waals surface area contributed by atoms with E-state index >= 15 is 0 Å². The molecule has 0 fully saturated rings. The first-order chi connectivity index (χ1) is 18.5. The summed E-state index contributed by atoms with van der Waals surface area (Å²) in [4.78, 5) is 0. The molecule has 39 heavy (non-hydrogen) atoms. The maximum atomic E-state index is 11.7. The number of ether oxygens (including phenoxy) is 1. The van der Waals surface area contributed by atoms with Gasteiger partial charge in [0.1, 0.15) is 5.75 Å². The van der Waals surface area contributed by atoms with Crippen LogP contribution in [0.25, 0.3) is 0 Å². The van der Waals surface area contributed by atoms with Crippen LogP contribution in [-0.4, -0.2) is 58.5 Å². The third-order valence-electron chi connectivity index (χ3n) is 5.75. The number of anilines is 1. The van der Waals surface area contributed by atoms with Crippen molar-refractivity contribution in [2.75, 3.05) is 31.0 Å². The number of benzene rings is 2. The molecule has 0 amide bonds. The number of nitrogens with one attached hydrogen (secondary N) is 2. The van der Waals surface area contributed by atoms with Gasteiger partial charge in [-0.3, -0.25) is 4.72 Å². The maximum Gasteiger partial charge on any atom is 0.375 e. The third kappa shape index (κ3) is 14.1. The van der Waals surface area contributed by atoms with Gasteiger partial charge in [-0.25, -0.2) is 5.14 Å². The van der Waals surface area contributed by atoms with Crippen molar-refractivity contribution in [3.05, 3.63) is 59.2 Å². The molecule has 0 unspecified atom stereocenters. The Morgan fingerprint density at radius 2 is 1.64 bits per heavy atom. The predicted octanol–water partition coefficient (Wildman–Crippen LogP) is 1.98. The van der Waals surface area contributed by atoms with Gasteiger partial charge in [-0.05, 0) is 67.6 Å². The first kappa shape index (κ1) is 32.9. The smallest absolute Gasteiger partial charge is 0.375 e. The van der Waals surface area contributed by atoms with Gasteiger partial charge < -0.3 is 25.4 Å². The molecule has 2 aromatic carbocycles. The largest absolute Gasteiger partial charge is 0.508 e. The summed E-state index contributed by atoms with van der Waals surface area (Å²) < 4.78 is 56.5. The monoisotopic (exact) mass is 589 g/mol. The molecule has 2 aromatic rings. The molecule has 12 nitrogen and oxygen atoms in total. The van der Waals surface area contributed by atoms with Crippen molar-refractivity contribution >= 4 is 26.3 Å². The van der Waals surface area contributed by atoms with Gasteiger partial charge in [0.15, 0.2) is 0 Å². The third-order valence-corrected chi connectivity index (χ3v) is 7.71. The average molecular weight is 590 g/mol. The lowest BCUT2D eigenvalue weighted by atomic mass is 10.1. The van der Waals surface area contributed by atoms with Crippen molar-refractivity contribution in [1.82, 2.24) is 5.32 Å². The first-order valence-electron chi connectivity index (χ1n) is 12.7. The number of aliphatic hydroxyl groups excluding tert-OH is 2. The van der Waals surface area contributed by atoms with Crippen molar-refractivity contribution in [2.24, 2.45) is 5.14 Å². The Hall–Kier alpha value is -2.30. The zero-order valence-corrected chi connectivity index (χ0v) is 23.4. The molecule has 0 saturated carbocycles. The molecule has 0 radical (unpaired) electrons. The molecule has 14 heteroatoms. The normalized spacial score (nSPS) is 12.9. The summed E-state index contributed by atoms with van der Waals surface area (Å²) in [5, 5.41) is 36.9. The quantitative estimate of drug-likeness (QED) is 0.124. The second-order valence-corrected chi connectivity index (χ2v) is 11.7. The molecule has 0 heterocycles. The number of phenols is 1. The Bertz CT molecular complexity index is 1230. The molecule has 0 spiro atoms. The van der Waals surface area contributed by atoms with Crippen LogP contribution in [-0.2, 0) is 42.0 Å². The van der Waals surface area contributed by atoms with Crippen molar-refractivity contribution in [3.8, 4) is 5.75 Å². The lowest BCUT2D eigenvalue weighted by molar-refractivity contribution is 0.127. The number of hydrogen-bond donors (Lipinski definition) is 6. The molecule has 220 valence electrons. The molecule has 7 N–H and O–H groups in total. The number of aryl methyl sites for hydroxylation is 1. The van der Waals surface area contributed by atoms with Gasteiger partial charge >= 0.3 is 20.6 Å². The number of aromatic hydroxyl groups is 1. The van der Waals surface area contributed by atoms with Gasteiger partial charge in [0.2, 0.25) is 0 Å². The van der Waals surface area contributed by atoms with Crippen LogP contribution in [0.3, 0.4) is 0 Å². The van der Waals surface area contributed by atoms with E-state index in [0.717, 1.165) is 50.6 Å². The Balaban J connectivity index is 1.48. The summed E-state index contributed by atoms with van der Waals surface area (Å²) in [5.74, 6) is 0.0153. The second-order valence-electron chi connectivity index (χ2n) is 9.07. The Morgan fingerprint density at radius 3 is 2.38 bits per heavy atom. The highest BCUT2D eigenvalue weighted by molar-refractivity contribution is 7.99. The van der Waals surface area contributed by atoms with Gasteiger partial charge in [-0.1, -0.05) is 37.5 Å². The molecule has 1 atom stereocenters. The van der Waals surface area contributed by atoms with E-state index in [9.17, 15) is 32.2 Å². The molecule has 2 rings (SSSR count). The molecule has 0 aliphatic rings. The topological polar surface area (TPSA) is 198 Å². The van der Waals surface area contributed by atoms with E-state index < -0.39 is 26.7 Å². The number of unbranched alkanes of at least 4 members (excludes halogenated alkanes) is 4. The van der Waals surface area contributed by atoms with E-state index in [0.29, 0.717) is 37.3 Å². The van der Waals surface area contributed by atoms with Gasteiger partial charge in [0.25, 0.3) is 0 Å². The fraction of sp³-hybridized carbons (Fsp3) is 0.520. The van der Waals surface area contributed by atoms with Crippen LogP contribution in [0.1, 0.15) is 61.3 Å². The minimum Gasteiger partial charge on any atom is -0.508 e. The zero-order chi connectivity index (χ0) is 28.7. The van der Waals surface area contributed by atoms with Crippen LogP contribution < -0.4 is 15.2 Å². The standard InChI is InChI=1S/C25H39N3O9S2/c26-38(32,33)37-39(34,35)28-23-10-6-8-20(16-23)9-7-15-36-14-5-3-1-2-4-13-27-18-25(31)21-11-12-24(30)22(17-21)19-29/h6,8,10-12,16-17,25,27-31H,1-5,7,9,13-15,18-19H2,(H2,26,32,33)/t25-/m0/s1. The molecule has 0 aromatic heterocycles. The van der Waals surface area contributed by atoms with Crippen molar-refractivity contribution in [3.63, 3.8) is 0 Å². The van der Waals surface area contributed by atoms with Crippen molar-refractivity contribution in [2.45, 2.75) is 57.7 Å². The summed E-state index contributed by atoms with van der Waals surface area (Å²) in [5.41, 5.74) is 2.06. The second kappa shape index (κ2) is 16.7. The maximum absolute atomic E-state index is 11.7. The number of aliphatic hydroxyl groups is 2. The first-order valence-corrected chi connectivity index (χ1v) is 15.6. The fourth-order valence-electron chi connectivity index (χ4n) is 3.84. The van der Waals surface area contributed by atoms with Crippen molar-refractivity contribution < 1.29 is 40.5 Å². The van der Waals surface area contributed by atoms with Crippen LogP contribution >= 0.6 is 0 Å². The van der Waals surface area contributed by atoms with Crippen LogP contribution in [0.15, 0.2) is 42.5 Å². The molecule has 0 bridgehead atoms. The van der Waals surface area contributed by atoms with Gasteiger partial charge in [0, 0.05) is 25.3 Å². The van der Waals surface area contributed by atoms with Crippen LogP contribution in [0.5, 0.6) is 5.75 Å². The lowest BCUT2D eigenvalue weighted by Gasteiger charge is -2.14. The predicted molar refractivity (Wildman–Crippen MR) is 147 cm³/mol. The molecular formula is C25H39N3O9S2. The molecule has 0 aliphatic carbocycles. The Labute approximate surface area is 230 Å². The summed E-state index contributed by atoms with van der Waals surface area (Å²) in [7, 11) is -9.24. The SMILES string of the molecule is NS(=O)(=O)OS(=O)(=O)Nc1cccc(CCCOCCCCCCCNC[C@H](O)c2ccc(O)c(CO)c2)c1. The average Bonchev–Trinajstić information content (AvgIpc) is 2.85. The van der Waals surface area contributed by atoms with Gasteiger partial charge in [-0.15, -0.1) is 3.63 Å². The van der Waals surface area contributed by atoms with Gasteiger partial charge in [-0.2, -0.15) is 16.8 Å². The number of nitrogens with two attached hydrogens (primary N) is 1. The highest BCUT2D eigenvalue weighted by atomic mass is 32.3. The van der Waals surface area contributed by atoms with Crippen LogP contribution in [0.4, 0.5) is 5.69 Å². The van der Waals surface area contributed by atoms with Crippen molar-refractivity contribution in [1.29, 1.82) is 0 Å². The van der Waals surface area contributed by atoms with E-state index in [1.807, 2.05) is 10.8 Å². The van der Waals surface area contributed by atoms with E-state index in [4.69, 9.17) is 4.74 Å². The molecule has 0 aliphatic heterocycles. The number of hydrogen-bond acceptors (Lipinski definition) is 10. The summed E-state index contributed by atoms with van der Waals surface area (Å²) in [6.07, 6.45) is 5.86. The molecule has 0 saturated heterocycles. The summed E-state index contributed by atoms with van der Waals surface area (Å²) >= 11 is 0. The van der Waals surface area contributed by atoms with Gasteiger partial charge in [0.05, 0.1) is 18.4 Å². The minimum atomic E-state index is -4.65. The van der Waals surface area contributed by atoms with E-state index in [2.05, 4.69) is 14.1 Å². The van der Waals surface area contributed by atoms with Crippen LogP contribution in [0, 0.1) is 0 Å². The lowest BCUT2D eigenvalue weighted by Crippen LogP contribution is -2.25.